The minimum absolute atomic E-state index is 0.0539. The van der Waals surface area contributed by atoms with Gasteiger partial charge in [0.05, 0.1) is 16.3 Å². The first-order valence-electron chi connectivity index (χ1n) is 12.2. The number of rotatable bonds is 8. The minimum atomic E-state index is -3.34. The third-order valence-electron chi connectivity index (χ3n) is 6.47. The van der Waals surface area contributed by atoms with Crippen molar-refractivity contribution in [2.45, 2.75) is 31.1 Å². The molecule has 1 N–H and O–H groups in total. The SMILES string of the molecule is CCC(C)c1ccc(-c2cc3cc(Oc4ccc(S(C)(=O)=O)cc4)c(Oc4ccccc4F)cc3[nH]2)nc1. The Morgan fingerprint density at radius 1 is 0.921 bits per heavy atom. The Morgan fingerprint density at radius 2 is 1.66 bits per heavy atom. The Bertz CT molecular complexity index is 1700. The molecule has 1 unspecified atom stereocenters. The first kappa shape index (κ1) is 25.5. The van der Waals surface area contributed by atoms with E-state index in [1.807, 2.05) is 18.3 Å². The van der Waals surface area contributed by atoms with Gasteiger partial charge < -0.3 is 14.5 Å². The number of hydrogen-bond donors (Lipinski definition) is 1. The first-order valence-corrected chi connectivity index (χ1v) is 14.1. The zero-order chi connectivity index (χ0) is 26.9. The number of nitrogens with one attached hydrogen (secondary N) is 1. The van der Waals surface area contributed by atoms with Gasteiger partial charge in [0.1, 0.15) is 5.75 Å². The number of aromatic nitrogens is 2. The normalized spacial score (nSPS) is 12.4. The zero-order valence-electron chi connectivity index (χ0n) is 21.2. The lowest BCUT2D eigenvalue weighted by Gasteiger charge is -2.13. The van der Waals surface area contributed by atoms with E-state index in [1.165, 1.54) is 29.8 Å². The number of H-pyrrole nitrogens is 1. The van der Waals surface area contributed by atoms with E-state index in [2.05, 4.69) is 29.9 Å². The predicted molar refractivity (Wildman–Crippen MR) is 146 cm³/mol. The van der Waals surface area contributed by atoms with Crippen molar-refractivity contribution in [3.05, 3.63) is 96.4 Å². The molecule has 8 heteroatoms. The lowest BCUT2D eigenvalue weighted by molar-refractivity contribution is 0.402. The van der Waals surface area contributed by atoms with Crippen LogP contribution in [0.3, 0.4) is 0 Å². The number of benzene rings is 3. The zero-order valence-corrected chi connectivity index (χ0v) is 22.1. The quantitative estimate of drug-likeness (QED) is 0.221. The molecule has 194 valence electrons. The van der Waals surface area contributed by atoms with Crippen molar-refractivity contribution in [2.24, 2.45) is 0 Å². The van der Waals surface area contributed by atoms with Gasteiger partial charge in [0.25, 0.3) is 0 Å². The van der Waals surface area contributed by atoms with E-state index < -0.39 is 15.7 Å². The van der Waals surface area contributed by atoms with Gasteiger partial charge >= 0.3 is 0 Å². The maximum Gasteiger partial charge on any atom is 0.175 e. The van der Waals surface area contributed by atoms with Crippen LogP contribution in [-0.2, 0) is 9.84 Å². The summed E-state index contributed by atoms with van der Waals surface area (Å²) in [5.41, 5.74) is 3.57. The van der Waals surface area contributed by atoms with Gasteiger partial charge in [-0.15, -0.1) is 0 Å². The van der Waals surface area contributed by atoms with Gasteiger partial charge in [-0.05, 0) is 72.5 Å². The summed E-state index contributed by atoms with van der Waals surface area (Å²) in [4.78, 5) is 8.20. The van der Waals surface area contributed by atoms with Crippen LogP contribution in [0.15, 0.2) is 90.0 Å². The molecule has 5 rings (SSSR count). The van der Waals surface area contributed by atoms with Gasteiger partial charge in [0, 0.05) is 29.4 Å². The van der Waals surface area contributed by atoms with E-state index in [9.17, 15) is 12.8 Å². The number of aromatic amines is 1. The fraction of sp³-hybridized carbons (Fsp3) is 0.167. The molecule has 0 aliphatic rings. The maximum atomic E-state index is 14.4. The van der Waals surface area contributed by atoms with Crippen molar-refractivity contribution in [2.75, 3.05) is 6.26 Å². The summed E-state index contributed by atoms with van der Waals surface area (Å²) in [5, 5.41) is 0.844. The van der Waals surface area contributed by atoms with E-state index in [-0.39, 0.29) is 10.6 Å². The van der Waals surface area contributed by atoms with Crippen LogP contribution in [0.2, 0.25) is 0 Å². The molecule has 6 nitrogen and oxygen atoms in total. The van der Waals surface area contributed by atoms with E-state index in [4.69, 9.17) is 9.47 Å². The lowest BCUT2D eigenvalue weighted by atomic mass is 10.0. The average Bonchev–Trinajstić information content (AvgIpc) is 3.32. The number of sulfone groups is 1. The second kappa shape index (κ2) is 10.3. The fourth-order valence-corrected chi connectivity index (χ4v) is 4.69. The van der Waals surface area contributed by atoms with Crippen LogP contribution in [0.1, 0.15) is 31.7 Å². The Kier molecular flexibility index (Phi) is 6.91. The Morgan fingerprint density at radius 3 is 2.32 bits per heavy atom. The van der Waals surface area contributed by atoms with Crippen LogP contribution in [-0.4, -0.2) is 24.6 Å². The number of pyridine rings is 1. The Labute approximate surface area is 221 Å². The summed E-state index contributed by atoms with van der Waals surface area (Å²) in [6.07, 6.45) is 4.09. The molecule has 0 fully saturated rings. The van der Waals surface area contributed by atoms with Crippen molar-refractivity contribution in [1.82, 2.24) is 9.97 Å². The Hall–Kier alpha value is -4.17. The summed E-state index contributed by atoms with van der Waals surface area (Å²) in [6, 6.07) is 21.8. The molecular formula is C30H27FN2O4S. The summed E-state index contributed by atoms with van der Waals surface area (Å²) in [6.45, 7) is 4.32. The highest BCUT2D eigenvalue weighted by atomic mass is 32.2. The van der Waals surface area contributed by atoms with Gasteiger partial charge in [0.15, 0.2) is 32.9 Å². The average molecular weight is 531 g/mol. The molecule has 0 aliphatic heterocycles. The van der Waals surface area contributed by atoms with Crippen molar-refractivity contribution < 1.29 is 22.3 Å². The summed E-state index contributed by atoms with van der Waals surface area (Å²) < 4.78 is 50.1. The van der Waals surface area contributed by atoms with Crippen molar-refractivity contribution >= 4 is 20.7 Å². The lowest BCUT2D eigenvalue weighted by Crippen LogP contribution is -1.97. The highest BCUT2D eigenvalue weighted by Gasteiger charge is 2.16. The second-order valence-electron chi connectivity index (χ2n) is 9.23. The maximum absolute atomic E-state index is 14.4. The molecule has 0 bridgehead atoms. The molecule has 2 aromatic heterocycles. The number of para-hydroxylation sites is 1. The molecule has 0 saturated heterocycles. The monoisotopic (exact) mass is 530 g/mol. The van der Waals surface area contributed by atoms with Gasteiger partial charge in [-0.1, -0.05) is 32.0 Å². The molecular weight excluding hydrogens is 503 g/mol. The summed E-state index contributed by atoms with van der Waals surface area (Å²) in [5.74, 6) is 1.03. The van der Waals surface area contributed by atoms with Gasteiger partial charge in [-0.2, -0.15) is 0 Å². The van der Waals surface area contributed by atoms with E-state index in [0.29, 0.717) is 23.2 Å². The number of hydrogen-bond acceptors (Lipinski definition) is 5. The van der Waals surface area contributed by atoms with E-state index in [0.717, 1.165) is 35.0 Å². The minimum Gasteiger partial charge on any atom is -0.453 e. The van der Waals surface area contributed by atoms with E-state index >= 15 is 0 Å². The third-order valence-corrected chi connectivity index (χ3v) is 7.59. The molecule has 38 heavy (non-hydrogen) atoms. The smallest absolute Gasteiger partial charge is 0.175 e. The molecule has 2 heterocycles. The van der Waals surface area contributed by atoms with Crippen LogP contribution in [0.5, 0.6) is 23.0 Å². The van der Waals surface area contributed by atoms with Gasteiger partial charge in [0.2, 0.25) is 0 Å². The third kappa shape index (κ3) is 5.40. The van der Waals surface area contributed by atoms with Crippen LogP contribution in [0.4, 0.5) is 4.39 Å². The number of nitrogens with zero attached hydrogens (tertiary/aromatic N) is 1. The molecule has 0 saturated carbocycles. The van der Waals surface area contributed by atoms with Crippen molar-refractivity contribution in [3.63, 3.8) is 0 Å². The molecule has 5 aromatic rings. The Balaban J connectivity index is 1.54. The highest BCUT2D eigenvalue weighted by Crippen LogP contribution is 2.40. The van der Waals surface area contributed by atoms with Crippen LogP contribution < -0.4 is 9.47 Å². The number of fused-ring (bicyclic) bond motifs is 1. The van der Waals surface area contributed by atoms with Crippen molar-refractivity contribution in [1.29, 1.82) is 0 Å². The molecule has 0 aliphatic carbocycles. The summed E-state index contributed by atoms with van der Waals surface area (Å²) in [7, 11) is -3.34. The van der Waals surface area contributed by atoms with Gasteiger partial charge in [-0.25, -0.2) is 12.8 Å². The second-order valence-corrected chi connectivity index (χ2v) is 11.2. The summed E-state index contributed by atoms with van der Waals surface area (Å²) >= 11 is 0. The molecule has 3 aromatic carbocycles. The number of ether oxygens (including phenoxy) is 2. The highest BCUT2D eigenvalue weighted by molar-refractivity contribution is 7.90. The van der Waals surface area contributed by atoms with Crippen LogP contribution >= 0.6 is 0 Å². The van der Waals surface area contributed by atoms with Gasteiger partial charge in [-0.3, -0.25) is 4.98 Å². The molecule has 0 radical (unpaired) electrons. The molecule has 0 spiro atoms. The fourth-order valence-electron chi connectivity index (χ4n) is 4.06. The number of halogens is 1. The van der Waals surface area contributed by atoms with Crippen molar-refractivity contribution in [3.8, 4) is 34.4 Å². The van der Waals surface area contributed by atoms with Crippen LogP contribution in [0, 0.1) is 5.82 Å². The first-order chi connectivity index (χ1) is 18.2. The standard InChI is InChI=1S/C30H27FN2O4S/c1-4-19(2)20-9-14-25(32-18-20)27-15-21-16-29(36-22-10-12-23(13-11-22)38(3,34)35)30(17-26(21)33-27)37-28-8-6-5-7-24(28)31/h5-19,33H,4H2,1-3H3. The molecule has 0 amide bonds. The predicted octanol–water partition coefficient (Wildman–Crippen LogP) is 7.87. The largest absolute Gasteiger partial charge is 0.453 e. The molecule has 1 atom stereocenters. The topological polar surface area (TPSA) is 81.3 Å². The van der Waals surface area contributed by atoms with Crippen LogP contribution in [0.25, 0.3) is 22.3 Å². The van der Waals surface area contributed by atoms with E-state index in [1.54, 1.807) is 36.4 Å².